The third-order valence-electron chi connectivity index (χ3n) is 6.51. The number of hydrogen-bond donors (Lipinski definition) is 1. The zero-order valence-electron chi connectivity index (χ0n) is 22.0. The number of nitrogens with zero attached hydrogens (tertiary/aromatic N) is 5. The summed E-state index contributed by atoms with van der Waals surface area (Å²) in [5.41, 5.74) is 7.62. The SMILES string of the molecule is Cc1ccc(C(=O)N(CCCN)[C@H](c2nc3c(Cl)c(C)nn3c(=O)n2Cc2ccccc2)C(C)C)c(F)c1. The van der Waals surface area contributed by atoms with E-state index in [2.05, 4.69) is 5.10 Å². The Morgan fingerprint density at radius 1 is 1.16 bits per heavy atom. The normalized spacial score (nSPS) is 12.3. The first-order valence-corrected chi connectivity index (χ1v) is 13.0. The van der Waals surface area contributed by atoms with Gasteiger partial charge in [0.25, 0.3) is 5.91 Å². The highest BCUT2D eigenvalue weighted by Crippen LogP contribution is 2.31. The van der Waals surface area contributed by atoms with Crippen molar-refractivity contribution in [2.75, 3.05) is 13.1 Å². The van der Waals surface area contributed by atoms with Crippen molar-refractivity contribution < 1.29 is 9.18 Å². The summed E-state index contributed by atoms with van der Waals surface area (Å²) in [6.07, 6.45) is 0.486. The van der Waals surface area contributed by atoms with E-state index in [1.54, 1.807) is 24.8 Å². The van der Waals surface area contributed by atoms with Crippen LogP contribution in [-0.4, -0.2) is 43.1 Å². The van der Waals surface area contributed by atoms with Gasteiger partial charge in [-0.15, -0.1) is 0 Å². The Labute approximate surface area is 225 Å². The maximum Gasteiger partial charge on any atom is 0.352 e. The molecule has 0 radical (unpaired) electrons. The zero-order valence-corrected chi connectivity index (χ0v) is 22.7. The molecule has 1 amide bonds. The molecule has 2 aromatic carbocycles. The molecular weight excluding hydrogens is 507 g/mol. The van der Waals surface area contributed by atoms with E-state index in [4.69, 9.17) is 22.3 Å². The van der Waals surface area contributed by atoms with Crippen molar-refractivity contribution in [1.82, 2.24) is 24.1 Å². The van der Waals surface area contributed by atoms with Crippen LogP contribution in [0.3, 0.4) is 0 Å². The van der Waals surface area contributed by atoms with Gasteiger partial charge in [-0.3, -0.25) is 9.36 Å². The van der Waals surface area contributed by atoms with Crippen LogP contribution < -0.4 is 11.4 Å². The van der Waals surface area contributed by atoms with Gasteiger partial charge in [-0.05, 0) is 56.0 Å². The van der Waals surface area contributed by atoms with Crippen LogP contribution in [0.15, 0.2) is 53.3 Å². The molecular formula is C28H32ClFN6O2. The largest absolute Gasteiger partial charge is 0.352 e. The number of hydrogen-bond acceptors (Lipinski definition) is 5. The number of fused-ring (bicyclic) bond motifs is 1. The van der Waals surface area contributed by atoms with Crippen LogP contribution in [0.1, 0.15) is 59.3 Å². The quantitative estimate of drug-likeness (QED) is 0.337. The summed E-state index contributed by atoms with van der Waals surface area (Å²) in [4.78, 5) is 34.1. The van der Waals surface area contributed by atoms with E-state index in [9.17, 15) is 14.0 Å². The molecule has 0 aliphatic heterocycles. The minimum atomic E-state index is -0.678. The Bertz CT molecular complexity index is 1520. The average Bonchev–Trinajstić information content (AvgIpc) is 3.17. The van der Waals surface area contributed by atoms with Crippen molar-refractivity contribution in [3.63, 3.8) is 0 Å². The Morgan fingerprint density at radius 3 is 2.50 bits per heavy atom. The van der Waals surface area contributed by atoms with Gasteiger partial charge in [-0.1, -0.05) is 61.8 Å². The maximum atomic E-state index is 15.0. The highest BCUT2D eigenvalue weighted by Gasteiger charge is 2.34. The van der Waals surface area contributed by atoms with E-state index in [0.29, 0.717) is 30.0 Å². The topological polar surface area (TPSA) is 98.5 Å². The van der Waals surface area contributed by atoms with Crippen LogP contribution in [0.2, 0.25) is 5.02 Å². The van der Waals surface area contributed by atoms with Crippen molar-refractivity contribution in [2.24, 2.45) is 11.7 Å². The number of benzene rings is 2. The second-order valence-electron chi connectivity index (χ2n) is 9.77. The Balaban J connectivity index is 1.96. The molecule has 0 saturated carbocycles. The fraction of sp³-hybridized carbons (Fsp3) is 0.357. The lowest BCUT2D eigenvalue weighted by Gasteiger charge is -2.35. The van der Waals surface area contributed by atoms with Crippen LogP contribution in [-0.2, 0) is 6.54 Å². The van der Waals surface area contributed by atoms with Crippen LogP contribution >= 0.6 is 11.6 Å². The van der Waals surface area contributed by atoms with Crippen molar-refractivity contribution in [2.45, 2.75) is 46.7 Å². The molecule has 2 N–H and O–H groups in total. The van der Waals surface area contributed by atoms with Gasteiger partial charge in [0.2, 0.25) is 0 Å². The van der Waals surface area contributed by atoms with Crippen molar-refractivity contribution in [1.29, 1.82) is 0 Å². The summed E-state index contributed by atoms with van der Waals surface area (Å²) in [6, 6.07) is 13.3. The van der Waals surface area contributed by atoms with E-state index < -0.39 is 23.5 Å². The molecule has 38 heavy (non-hydrogen) atoms. The third kappa shape index (κ3) is 5.35. The first-order chi connectivity index (χ1) is 18.1. The molecule has 0 saturated heterocycles. The smallest absolute Gasteiger partial charge is 0.330 e. The molecule has 0 fully saturated rings. The molecule has 4 rings (SSSR count). The molecule has 0 bridgehead atoms. The molecule has 1 atom stereocenters. The lowest BCUT2D eigenvalue weighted by atomic mass is 9.99. The second kappa shape index (κ2) is 11.4. The number of rotatable bonds is 9. The summed E-state index contributed by atoms with van der Waals surface area (Å²) in [5.74, 6) is -0.939. The second-order valence-corrected chi connectivity index (χ2v) is 10.2. The van der Waals surface area contributed by atoms with Crippen LogP contribution in [0.25, 0.3) is 5.65 Å². The van der Waals surface area contributed by atoms with Crippen LogP contribution in [0, 0.1) is 25.6 Å². The predicted octanol–water partition coefficient (Wildman–Crippen LogP) is 4.54. The van der Waals surface area contributed by atoms with E-state index in [1.165, 1.54) is 21.2 Å². The van der Waals surface area contributed by atoms with Crippen molar-refractivity contribution in [3.8, 4) is 0 Å². The fourth-order valence-corrected chi connectivity index (χ4v) is 4.78. The molecule has 2 aromatic heterocycles. The van der Waals surface area contributed by atoms with E-state index >= 15 is 0 Å². The molecule has 0 aliphatic carbocycles. The Kier molecular flexibility index (Phi) is 8.28. The number of carbonyl (C=O) groups is 1. The minimum absolute atomic E-state index is 0.0467. The summed E-state index contributed by atoms with van der Waals surface area (Å²) < 4.78 is 17.7. The number of carbonyl (C=O) groups excluding carboxylic acids is 1. The predicted molar refractivity (Wildman–Crippen MR) is 146 cm³/mol. The Morgan fingerprint density at radius 2 is 1.87 bits per heavy atom. The molecule has 8 nitrogen and oxygen atoms in total. The monoisotopic (exact) mass is 538 g/mol. The molecule has 0 spiro atoms. The third-order valence-corrected chi connectivity index (χ3v) is 6.95. The number of aromatic nitrogens is 4. The number of amides is 1. The lowest BCUT2D eigenvalue weighted by Crippen LogP contribution is -2.43. The van der Waals surface area contributed by atoms with Crippen LogP contribution in [0.4, 0.5) is 4.39 Å². The van der Waals surface area contributed by atoms with Gasteiger partial charge < -0.3 is 10.6 Å². The van der Waals surface area contributed by atoms with Gasteiger partial charge in [0, 0.05) is 6.54 Å². The lowest BCUT2D eigenvalue weighted by molar-refractivity contribution is 0.0597. The van der Waals surface area contributed by atoms with Gasteiger partial charge in [-0.25, -0.2) is 14.2 Å². The van der Waals surface area contributed by atoms with E-state index in [1.807, 2.05) is 44.2 Å². The van der Waals surface area contributed by atoms with E-state index in [0.717, 1.165) is 5.56 Å². The highest BCUT2D eigenvalue weighted by atomic mass is 35.5. The molecule has 0 unspecified atom stereocenters. The standard InChI is InChI=1S/C28H32ClFN6O2/c1-17(2)24(34(14-8-13-31)27(37)21-12-11-18(3)15-22(21)30)26-32-25-23(29)19(4)33-36(25)28(38)35(26)16-20-9-6-5-7-10-20/h5-7,9-12,15,17,24H,8,13-14,16,31H2,1-4H3/t24-/m0/s1. The van der Waals surface area contributed by atoms with Gasteiger partial charge in [0.15, 0.2) is 5.65 Å². The van der Waals surface area contributed by atoms with E-state index in [-0.39, 0.29) is 35.2 Å². The molecule has 200 valence electrons. The van der Waals surface area contributed by atoms with Crippen molar-refractivity contribution >= 4 is 23.2 Å². The van der Waals surface area contributed by atoms with Gasteiger partial charge >= 0.3 is 5.69 Å². The first-order valence-electron chi connectivity index (χ1n) is 12.6. The van der Waals surface area contributed by atoms with Crippen molar-refractivity contribution in [3.05, 3.63) is 98.1 Å². The number of halogens is 2. The summed E-state index contributed by atoms with van der Waals surface area (Å²) in [6.45, 7) is 8.13. The highest BCUT2D eigenvalue weighted by molar-refractivity contribution is 6.34. The summed E-state index contributed by atoms with van der Waals surface area (Å²) in [7, 11) is 0. The average molecular weight is 539 g/mol. The first kappa shape index (κ1) is 27.5. The minimum Gasteiger partial charge on any atom is -0.330 e. The van der Waals surface area contributed by atoms with Gasteiger partial charge in [0.1, 0.15) is 16.7 Å². The van der Waals surface area contributed by atoms with Gasteiger partial charge in [0.05, 0.1) is 23.8 Å². The molecule has 4 aromatic rings. The zero-order chi connectivity index (χ0) is 27.6. The fourth-order valence-electron chi connectivity index (χ4n) is 4.62. The number of nitrogens with two attached hydrogens (primary N) is 1. The maximum absolute atomic E-state index is 15.0. The summed E-state index contributed by atoms with van der Waals surface area (Å²) in [5, 5.41) is 4.56. The van der Waals surface area contributed by atoms with Gasteiger partial charge in [-0.2, -0.15) is 9.61 Å². The molecule has 10 heteroatoms. The summed E-state index contributed by atoms with van der Waals surface area (Å²) >= 11 is 6.50. The Hall–Kier alpha value is -3.56. The molecule has 0 aliphatic rings. The number of aryl methyl sites for hydroxylation is 2. The van der Waals surface area contributed by atoms with Crippen LogP contribution in [0.5, 0.6) is 0 Å². The molecule has 2 heterocycles.